The van der Waals surface area contributed by atoms with E-state index in [-0.39, 0.29) is 11.9 Å². The first-order chi connectivity index (χ1) is 8.04. The summed E-state index contributed by atoms with van der Waals surface area (Å²) in [6.07, 6.45) is 3.65. The standard InChI is InChI=1S/C14H21BrFN/c1-4-5-6-10(2)17-11(3)12-7-8-14(16)13(15)9-12/h7-11,17H,4-6H2,1-3H3. The average Bonchev–Trinajstić information content (AvgIpc) is 2.30. The van der Waals surface area contributed by atoms with Gasteiger partial charge < -0.3 is 5.32 Å². The second-order valence-corrected chi connectivity index (χ2v) is 5.46. The van der Waals surface area contributed by atoms with Crippen LogP contribution in [0.5, 0.6) is 0 Å². The smallest absolute Gasteiger partial charge is 0.137 e. The third-order valence-corrected chi connectivity index (χ3v) is 3.58. The number of hydrogen-bond donors (Lipinski definition) is 1. The van der Waals surface area contributed by atoms with E-state index in [0.717, 1.165) is 5.56 Å². The van der Waals surface area contributed by atoms with Crippen molar-refractivity contribution >= 4 is 15.9 Å². The minimum Gasteiger partial charge on any atom is -0.308 e. The minimum absolute atomic E-state index is 0.208. The second-order valence-electron chi connectivity index (χ2n) is 4.61. The Morgan fingerprint density at radius 1 is 1.35 bits per heavy atom. The first-order valence-electron chi connectivity index (χ1n) is 6.25. The first kappa shape index (κ1) is 14.7. The predicted octanol–water partition coefficient (Wildman–Crippen LogP) is 4.82. The Morgan fingerprint density at radius 3 is 2.65 bits per heavy atom. The van der Waals surface area contributed by atoms with Crippen molar-refractivity contribution in [3.05, 3.63) is 34.1 Å². The van der Waals surface area contributed by atoms with Crippen LogP contribution in [0, 0.1) is 5.82 Å². The van der Waals surface area contributed by atoms with Gasteiger partial charge in [-0.1, -0.05) is 25.8 Å². The highest BCUT2D eigenvalue weighted by molar-refractivity contribution is 9.10. The van der Waals surface area contributed by atoms with Gasteiger partial charge in [0.25, 0.3) is 0 Å². The van der Waals surface area contributed by atoms with Crippen LogP contribution in [-0.2, 0) is 0 Å². The fraction of sp³-hybridized carbons (Fsp3) is 0.571. The molecule has 2 unspecified atom stereocenters. The van der Waals surface area contributed by atoms with Crippen LogP contribution in [0.3, 0.4) is 0 Å². The topological polar surface area (TPSA) is 12.0 Å². The molecule has 0 spiro atoms. The van der Waals surface area contributed by atoms with E-state index >= 15 is 0 Å². The minimum atomic E-state index is -0.208. The normalized spacial score (nSPS) is 14.6. The van der Waals surface area contributed by atoms with E-state index in [9.17, 15) is 4.39 Å². The van der Waals surface area contributed by atoms with Crippen LogP contribution in [0.15, 0.2) is 22.7 Å². The van der Waals surface area contributed by atoms with E-state index in [1.54, 1.807) is 0 Å². The van der Waals surface area contributed by atoms with Gasteiger partial charge >= 0.3 is 0 Å². The van der Waals surface area contributed by atoms with Crippen molar-refractivity contribution in [2.45, 2.75) is 52.1 Å². The largest absolute Gasteiger partial charge is 0.308 e. The molecule has 96 valence electrons. The summed E-state index contributed by atoms with van der Waals surface area (Å²) in [5, 5.41) is 3.53. The lowest BCUT2D eigenvalue weighted by Gasteiger charge is -2.20. The Balaban J connectivity index is 2.57. The molecular weight excluding hydrogens is 281 g/mol. The van der Waals surface area contributed by atoms with Gasteiger partial charge in [0.2, 0.25) is 0 Å². The van der Waals surface area contributed by atoms with Crippen molar-refractivity contribution in [3.8, 4) is 0 Å². The van der Waals surface area contributed by atoms with Gasteiger partial charge in [-0.2, -0.15) is 0 Å². The molecule has 0 bridgehead atoms. The van der Waals surface area contributed by atoms with Gasteiger partial charge in [0, 0.05) is 12.1 Å². The lowest BCUT2D eigenvalue weighted by Crippen LogP contribution is -2.28. The number of rotatable bonds is 6. The molecule has 0 aliphatic rings. The molecule has 1 aromatic carbocycles. The molecule has 0 saturated heterocycles. The van der Waals surface area contributed by atoms with Crippen LogP contribution < -0.4 is 5.32 Å². The highest BCUT2D eigenvalue weighted by Crippen LogP contribution is 2.21. The molecule has 1 aromatic rings. The maximum atomic E-state index is 13.1. The first-order valence-corrected chi connectivity index (χ1v) is 7.05. The predicted molar refractivity (Wildman–Crippen MR) is 74.6 cm³/mol. The monoisotopic (exact) mass is 301 g/mol. The molecule has 0 aromatic heterocycles. The molecule has 2 atom stereocenters. The van der Waals surface area contributed by atoms with Crippen LogP contribution >= 0.6 is 15.9 Å². The molecule has 3 heteroatoms. The number of unbranched alkanes of at least 4 members (excludes halogenated alkanes) is 1. The second kappa shape index (κ2) is 7.12. The zero-order valence-electron chi connectivity index (χ0n) is 10.8. The Hall–Kier alpha value is -0.410. The highest BCUT2D eigenvalue weighted by Gasteiger charge is 2.10. The van der Waals surface area contributed by atoms with Crippen molar-refractivity contribution in [1.29, 1.82) is 0 Å². The van der Waals surface area contributed by atoms with E-state index in [1.807, 2.05) is 12.1 Å². The number of benzene rings is 1. The van der Waals surface area contributed by atoms with Gasteiger partial charge in [0.05, 0.1) is 4.47 Å². The quantitative estimate of drug-likeness (QED) is 0.794. The number of halogens is 2. The molecule has 0 aliphatic heterocycles. The van der Waals surface area contributed by atoms with Crippen molar-refractivity contribution in [1.82, 2.24) is 5.32 Å². The molecule has 17 heavy (non-hydrogen) atoms. The Labute approximate surface area is 112 Å². The Bertz CT molecular complexity index is 354. The van der Waals surface area contributed by atoms with Crippen molar-refractivity contribution in [2.24, 2.45) is 0 Å². The zero-order chi connectivity index (χ0) is 12.8. The molecule has 0 heterocycles. The van der Waals surface area contributed by atoms with E-state index in [1.165, 1.54) is 25.3 Å². The molecule has 0 amide bonds. The Kier molecular flexibility index (Phi) is 6.14. The van der Waals surface area contributed by atoms with Crippen LogP contribution in [-0.4, -0.2) is 6.04 Å². The lowest BCUT2D eigenvalue weighted by atomic mass is 10.1. The molecule has 0 radical (unpaired) electrons. The van der Waals surface area contributed by atoms with E-state index in [4.69, 9.17) is 0 Å². The summed E-state index contributed by atoms with van der Waals surface area (Å²) in [4.78, 5) is 0. The third kappa shape index (κ3) is 4.76. The van der Waals surface area contributed by atoms with Gasteiger partial charge in [-0.05, 0) is 53.9 Å². The van der Waals surface area contributed by atoms with E-state index in [2.05, 4.69) is 42.0 Å². The molecule has 0 fully saturated rings. The van der Waals surface area contributed by atoms with Crippen molar-refractivity contribution in [3.63, 3.8) is 0 Å². The molecule has 0 aliphatic carbocycles. The van der Waals surface area contributed by atoms with E-state index in [0.29, 0.717) is 10.5 Å². The zero-order valence-corrected chi connectivity index (χ0v) is 12.3. The van der Waals surface area contributed by atoms with Crippen LogP contribution in [0.4, 0.5) is 4.39 Å². The summed E-state index contributed by atoms with van der Waals surface area (Å²) in [5.41, 5.74) is 1.11. The van der Waals surface area contributed by atoms with Gasteiger partial charge in [0.1, 0.15) is 5.82 Å². The van der Waals surface area contributed by atoms with Gasteiger partial charge in [-0.25, -0.2) is 4.39 Å². The summed E-state index contributed by atoms with van der Waals surface area (Å²) in [6, 6.07) is 5.94. The van der Waals surface area contributed by atoms with Crippen LogP contribution in [0.2, 0.25) is 0 Å². The SMILES string of the molecule is CCCCC(C)NC(C)c1ccc(F)c(Br)c1. The summed E-state index contributed by atoms with van der Waals surface area (Å²) in [6.45, 7) is 6.51. The van der Waals surface area contributed by atoms with Gasteiger partial charge in [-0.3, -0.25) is 0 Å². The molecular formula is C14H21BrFN. The fourth-order valence-electron chi connectivity index (χ4n) is 1.90. The summed E-state index contributed by atoms with van der Waals surface area (Å²) in [5.74, 6) is -0.208. The van der Waals surface area contributed by atoms with Crippen LogP contribution in [0.25, 0.3) is 0 Å². The fourth-order valence-corrected chi connectivity index (χ4v) is 2.29. The maximum absolute atomic E-state index is 13.1. The summed E-state index contributed by atoms with van der Waals surface area (Å²) >= 11 is 3.22. The molecule has 1 rings (SSSR count). The molecule has 0 saturated carbocycles. The maximum Gasteiger partial charge on any atom is 0.137 e. The van der Waals surface area contributed by atoms with Gasteiger partial charge in [-0.15, -0.1) is 0 Å². The lowest BCUT2D eigenvalue weighted by molar-refractivity contribution is 0.444. The van der Waals surface area contributed by atoms with Crippen molar-refractivity contribution < 1.29 is 4.39 Å². The average molecular weight is 302 g/mol. The molecule has 1 nitrogen and oxygen atoms in total. The van der Waals surface area contributed by atoms with Gasteiger partial charge in [0.15, 0.2) is 0 Å². The molecule has 1 N–H and O–H groups in total. The Morgan fingerprint density at radius 2 is 2.06 bits per heavy atom. The summed E-state index contributed by atoms with van der Waals surface area (Å²) < 4.78 is 13.7. The number of hydrogen-bond acceptors (Lipinski definition) is 1. The summed E-state index contributed by atoms with van der Waals surface area (Å²) in [7, 11) is 0. The van der Waals surface area contributed by atoms with Crippen LogP contribution in [0.1, 0.15) is 51.6 Å². The van der Waals surface area contributed by atoms with E-state index < -0.39 is 0 Å². The highest BCUT2D eigenvalue weighted by atomic mass is 79.9. The number of nitrogens with one attached hydrogen (secondary N) is 1. The third-order valence-electron chi connectivity index (χ3n) is 2.97. The van der Waals surface area contributed by atoms with Crippen molar-refractivity contribution in [2.75, 3.05) is 0 Å².